The normalized spacial score (nSPS) is 23.2. The van der Waals surface area contributed by atoms with Crippen LogP contribution in [0.25, 0.3) is 0 Å². The van der Waals surface area contributed by atoms with E-state index in [-0.39, 0.29) is 6.61 Å². The molecule has 2 atom stereocenters. The van der Waals surface area contributed by atoms with E-state index in [1.165, 1.54) is 12.2 Å². The molecule has 0 saturated carbocycles. The maximum Gasteiger partial charge on any atom is 0.330 e. The van der Waals surface area contributed by atoms with Gasteiger partial charge in [0.1, 0.15) is 6.10 Å². The van der Waals surface area contributed by atoms with E-state index in [0.29, 0.717) is 0 Å². The molecule has 0 aromatic carbocycles. The maximum absolute atomic E-state index is 12.3. The van der Waals surface area contributed by atoms with Crippen molar-refractivity contribution >= 4 is 17.7 Å². The average molecular weight is 342 g/mol. The quantitative estimate of drug-likeness (QED) is 0.537. The Labute approximate surface area is 142 Å². The zero-order chi connectivity index (χ0) is 18.5. The fraction of sp³-hybridized carbons (Fsp3) is 0.706. The van der Waals surface area contributed by atoms with E-state index in [4.69, 9.17) is 18.9 Å². The van der Waals surface area contributed by atoms with E-state index in [1.807, 2.05) is 0 Å². The molecule has 1 aliphatic rings. The van der Waals surface area contributed by atoms with Crippen molar-refractivity contribution in [2.24, 2.45) is 5.41 Å². The van der Waals surface area contributed by atoms with Crippen molar-refractivity contribution in [3.63, 3.8) is 0 Å². The molecule has 0 aromatic rings. The summed E-state index contributed by atoms with van der Waals surface area (Å²) >= 11 is 0. The van der Waals surface area contributed by atoms with Crippen molar-refractivity contribution in [1.29, 1.82) is 0 Å². The summed E-state index contributed by atoms with van der Waals surface area (Å²) < 4.78 is 21.0. The lowest BCUT2D eigenvalue weighted by Crippen LogP contribution is -2.35. The van der Waals surface area contributed by atoms with Crippen LogP contribution in [0.15, 0.2) is 12.2 Å². The highest BCUT2D eigenvalue weighted by Crippen LogP contribution is 2.29. The summed E-state index contributed by atoms with van der Waals surface area (Å²) in [6, 6.07) is 0. The van der Waals surface area contributed by atoms with Crippen molar-refractivity contribution in [1.82, 2.24) is 0 Å². The van der Waals surface area contributed by atoms with Crippen LogP contribution in [0.2, 0.25) is 0 Å². The molecule has 0 aromatic heterocycles. The summed E-state index contributed by atoms with van der Waals surface area (Å²) in [7, 11) is 0. The average Bonchev–Trinajstić information content (AvgIpc) is 2.76. The molecule has 0 aliphatic carbocycles. The molecule has 7 nitrogen and oxygen atoms in total. The minimum Gasteiger partial charge on any atom is -0.463 e. The molecule has 0 unspecified atom stereocenters. The Hall–Kier alpha value is -1.73. The monoisotopic (exact) mass is 342 g/mol. The minimum atomic E-state index is -0.988. The molecule has 0 amide bonds. The van der Waals surface area contributed by atoms with Gasteiger partial charge in [0.05, 0.1) is 12.0 Å². The van der Waals surface area contributed by atoms with E-state index >= 15 is 0 Å². The number of ether oxygens (including phenoxy) is 4. The second kappa shape index (κ2) is 7.90. The van der Waals surface area contributed by atoms with Gasteiger partial charge in [-0.3, -0.25) is 9.59 Å². The molecule has 1 fully saturated rings. The summed E-state index contributed by atoms with van der Waals surface area (Å²) in [4.78, 5) is 35.5. The van der Waals surface area contributed by atoms with Gasteiger partial charge in [0.2, 0.25) is 5.78 Å². The molecule has 1 rings (SSSR count). The number of carbonyl (C=O) groups is 3. The van der Waals surface area contributed by atoms with Crippen LogP contribution in [0.5, 0.6) is 0 Å². The van der Waals surface area contributed by atoms with Crippen LogP contribution in [0.3, 0.4) is 0 Å². The molecule has 1 aliphatic heterocycles. The smallest absolute Gasteiger partial charge is 0.330 e. The topological polar surface area (TPSA) is 88.1 Å². The summed E-state index contributed by atoms with van der Waals surface area (Å²) in [6.07, 6.45) is 0.894. The van der Waals surface area contributed by atoms with Gasteiger partial charge in [0.15, 0.2) is 18.5 Å². The Balaban J connectivity index is 2.73. The number of rotatable bonds is 6. The molecular weight excluding hydrogens is 316 g/mol. The number of carbonyl (C=O) groups excluding carboxylic acids is 3. The van der Waals surface area contributed by atoms with Gasteiger partial charge in [-0.05, 0) is 47.6 Å². The van der Waals surface area contributed by atoms with Gasteiger partial charge in [-0.25, -0.2) is 4.79 Å². The zero-order valence-corrected chi connectivity index (χ0v) is 15.1. The predicted molar refractivity (Wildman–Crippen MR) is 85.0 cm³/mol. The fourth-order valence-electron chi connectivity index (χ4n) is 1.98. The van der Waals surface area contributed by atoms with Crippen molar-refractivity contribution in [2.45, 2.75) is 59.5 Å². The van der Waals surface area contributed by atoms with Crippen molar-refractivity contribution < 1.29 is 33.3 Å². The summed E-state index contributed by atoms with van der Waals surface area (Å²) in [5.41, 5.74) is -0.699. The predicted octanol–water partition coefficient (Wildman–Crippen LogP) is 1.78. The lowest BCUT2D eigenvalue weighted by molar-refractivity contribution is -0.163. The summed E-state index contributed by atoms with van der Waals surface area (Å²) in [5.74, 6) is -2.43. The molecule has 136 valence electrons. The largest absolute Gasteiger partial charge is 0.463 e. The van der Waals surface area contributed by atoms with Crippen LogP contribution < -0.4 is 0 Å². The van der Waals surface area contributed by atoms with Gasteiger partial charge in [-0.2, -0.15) is 0 Å². The third kappa shape index (κ3) is 6.05. The van der Waals surface area contributed by atoms with Crippen LogP contribution in [-0.4, -0.2) is 48.9 Å². The Morgan fingerprint density at radius 3 is 2.29 bits per heavy atom. The first kappa shape index (κ1) is 20.3. The van der Waals surface area contributed by atoms with Crippen LogP contribution >= 0.6 is 0 Å². The highest BCUT2D eigenvalue weighted by Gasteiger charge is 2.44. The molecule has 24 heavy (non-hydrogen) atoms. The van der Waals surface area contributed by atoms with Gasteiger partial charge in [-0.15, -0.1) is 0 Å². The van der Waals surface area contributed by atoms with Gasteiger partial charge in [0, 0.05) is 6.08 Å². The second-order valence-corrected chi connectivity index (χ2v) is 6.92. The molecular formula is C17H26O7. The number of hydrogen-bond donors (Lipinski definition) is 0. The van der Waals surface area contributed by atoms with Crippen molar-refractivity contribution in [3.8, 4) is 0 Å². The third-order valence-electron chi connectivity index (χ3n) is 3.11. The molecule has 0 N–H and O–H groups in total. The Bertz CT molecular complexity index is 514. The molecule has 1 heterocycles. The van der Waals surface area contributed by atoms with Crippen LogP contribution in [0.1, 0.15) is 41.5 Å². The summed E-state index contributed by atoms with van der Waals surface area (Å²) in [5, 5.41) is 0. The maximum atomic E-state index is 12.3. The first-order valence-electron chi connectivity index (χ1n) is 7.87. The van der Waals surface area contributed by atoms with E-state index in [2.05, 4.69) is 0 Å². The Morgan fingerprint density at radius 2 is 1.75 bits per heavy atom. The fourth-order valence-corrected chi connectivity index (χ4v) is 1.98. The van der Waals surface area contributed by atoms with E-state index in [1.54, 1.807) is 41.5 Å². The first-order chi connectivity index (χ1) is 11.0. The molecule has 0 spiro atoms. The SMILES string of the molecule is CCOC(=O)/C=C/[C@@H]1OC(C)(C)O[C@@H]1C(=O)COC(=O)C(C)(C)C. The van der Waals surface area contributed by atoms with Gasteiger partial charge >= 0.3 is 11.9 Å². The molecule has 1 saturated heterocycles. The Kier molecular flexibility index (Phi) is 6.68. The third-order valence-corrected chi connectivity index (χ3v) is 3.11. The minimum absolute atomic E-state index is 0.252. The summed E-state index contributed by atoms with van der Waals surface area (Å²) in [6.45, 7) is 9.94. The van der Waals surface area contributed by atoms with E-state index < -0.39 is 47.7 Å². The van der Waals surface area contributed by atoms with Crippen LogP contribution in [0, 0.1) is 5.41 Å². The first-order valence-corrected chi connectivity index (χ1v) is 7.87. The lowest BCUT2D eigenvalue weighted by atomic mass is 9.97. The van der Waals surface area contributed by atoms with Gasteiger partial charge in [0.25, 0.3) is 0 Å². The van der Waals surface area contributed by atoms with Crippen molar-refractivity contribution in [2.75, 3.05) is 13.2 Å². The zero-order valence-electron chi connectivity index (χ0n) is 15.1. The number of esters is 2. The second-order valence-electron chi connectivity index (χ2n) is 6.92. The molecule has 0 bridgehead atoms. The lowest BCUT2D eigenvalue weighted by Gasteiger charge is -2.18. The van der Waals surface area contributed by atoms with Gasteiger partial charge in [-0.1, -0.05) is 0 Å². The Morgan fingerprint density at radius 1 is 1.12 bits per heavy atom. The highest BCUT2D eigenvalue weighted by atomic mass is 16.8. The highest BCUT2D eigenvalue weighted by molar-refractivity contribution is 5.88. The van der Waals surface area contributed by atoms with Gasteiger partial charge < -0.3 is 18.9 Å². The van der Waals surface area contributed by atoms with Crippen molar-refractivity contribution in [3.05, 3.63) is 12.2 Å². The standard InChI is InChI=1S/C17H26O7/c1-7-21-13(19)9-8-12-14(24-17(5,6)23-12)11(18)10-22-15(20)16(2,3)4/h8-9,12,14H,7,10H2,1-6H3/b9-8+/t12-,14+/m0/s1. The van der Waals surface area contributed by atoms with Crippen LogP contribution in [0.4, 0.5) is 0 Å². The number of Topliss-reactive ketones (excluding diaryl/α,β-unsaturated/α-hetero) is 1. The van der Waals surface area contributed by atoms with E-state index in [9.17, 15) is 14.4 Å². The number of ketones is 1. The number of hydrogen-bond acceptors (Lipinski definition) is 7. The molecule has 7 heteroatoms. The van der Waals surface area contributed by atoms with E-state index in [0.717, 1.165) is 0 Å². The van der Waals surface area contributed by atoms with Crippen LogP contribution in [-0.2, 0) is 33.3 Å². The molecule has 0 radical (unpaired) electrons.